The summed E-state index contributed by atoms with van der Waals surface area (Å²) < 4.78 is 18.9. The number of halogens is 2. The third kappa shape index (κ3) is 3.10. The molecule has 0 fully saturated rings. The molecule has 0 radical (unpaired) electrons. The lowest BCUT2D eigenvalue weighted by Gasteiger charge is -2.38. The van der Waals surface area contributed by atoms with E-state index in [9.17, 15) is 14.0 Å². The highest BCUT2D eigenvalue weighted by molar-refractivity contribution is 6.30. The third-order valence-corrected chi connectivity index (χ3v) is 4.45. The Bertz CT molecular complexity index is 877. The molecule has 26 heavy (non-hydrogen) atoms. The highest BCUT2D eigenvalue weighted by atomic mass is 35.5. The van der Waals surface area contributed by atoms with Crippen LogP contribution in [0.15, 0.2) is 36.5 Å². The van der Waals surface area contributed by atoms with Crippen molar-refractivity contribution in [2.24, 2.45) is 0 Å². The second-order valence-electron chi connectivity index (χ2n) is 5.94. The minimum atomic E-state index is -1.73. The maximum atomic E-state index is 13.2. The zero-order valence-corrected chi connectivity index (χ0v) is 15.0. The van der Waals surface area contributed by atoms with Crippen LogP contribution in [0.5, 0.6) is 5.75 Å². The fourth-order valence-electron chi connectivity index (χ4n) is 2.72. The molecule has 1 N–H and O–H groups in total. The van der Waals surface area contributed by atoms with E-state index in [0.29, 0.717) is 23.7 Å². The number of nitrogens with zero attached hydrogens (tertiary/aromatic N) is 2. The van der Waals surface area contributed by atoms with Gasteiger partial charge in [-0.1, -0.05) is 17.7 Å². The van der Waals surface area contributed by atoms with Crippen molar-refractivity contribution in [3.05, 3.63) is 52.9 Å². The predicted molar refractivity (Wildman–Crippen MR) is 94.6 cm³/mol. The number of aromatic nitrogens is 1. The van der Waals surface area contributed by atoms with Crippen LogP contribution in [0.1, 0.15) is 19.4 Å². The monoisotopic (exact) mass is 377 g/mol. The van der Waals surface area contributed by atoms with Gasteiger partial charge in [0.15, 0.2) is 11.6 Å². The number of benzene rings is 1. The number of pyridine rings is 1. The molecule has 1 aromatic heterocycles. The first kappa shape index (κ1) is 18.1. The fraction of sp³-hybridized carbons (Fsp3) is 0.278. The van der Waals surface area contributed by atoms with Gasteiger partial charge in [0.1, 0.15) is 5.82 Å². The molecule has 1 aromatic carbocycles. The Kier molecular flexibility index (Phi) is 4.82. The molecule has 0 aliphatic carbocycles. The average Bonchev–Trinajstić information content (AvgIpc) is 2.63. The van der Waals surface area contributed by atoms with Gasteiger partial charge in [0.2, 0.25) is 0 Å². The number of likely N-dealkylation sites (N-methyl/N-ethyl adjacent to an activating group) is 1. The number of ether oxygens (including phenoxy) is 1. The average molecular weight is 378 g/mol. The first-order valence-corrected chi connectivity index (χ1v) is 8.43. The Morgan fingerprint density at radius 3 is 2.88 bits per heavy atom. The van der Waals surface area contributed by atoms with Crippen LogP contribution in [0.25, 0.3) is 0 Å². The molecule has 1 aliphatic rings. The summed E-state index contributed by atoms with van der Waals surface area (Å²) in [7, 11) is 0. The molecule has 1 aliphatic heterocycles. The molecular formula is C18H17ClFN3O3. The summed E-state index contributed by atoms with van der Waals surface area (Å²) in [6, 6.07) is 7.46. The van der Waals surface area contributed by atoms with E-state index in [1.165, 1.54) is 30.0 Å². The van der Waals surface area contributed by atoms with E-state index in [2.05, 4.69) is 10.3 Å². The van der Waals surface area contributed by atoms with Gasteiger partial charge in [-0.3, -0.25) is 14.5 Å². The van der Waals surface area contributed by atoms with Crippen molar-refractivity contribution in [3.63, 3.8) is 0 Å². The Labute approximate surface area is 154 Å². The standard InChI is InChI=1S/C18H17ClFN3O3/c1-3-23-15-14(5-4-8-21-15)26-18(2,17(23)25)16(24)22-10-11-6-7-13(20)12(19)9-11/h4-9H,3,10H2,1-2H3,(H,22,24)/t18-/m0/s1. The Balaban J connectivity index is 1.81. The van der Waals surface area contributed by atoms with Gasteiger partial charge >= 0.3 is 0 Å². The number of hydrogen-bond acceptors (Lipinski definition) is 4. The number of carbonyl (C=O) groups is 2. The van der Waals surface area contributed by atoms with E-state index in [4.69, 9.17) is 16.3 Å². The van der Waals surface area contributed by atoms with E-state index in [1.807, 2.05) is 0 Å². The maximum absolute atomic E-state index is 13.2. The lowest BCUT2D eigenvalue weighted by atomic mass is 10.0. The zero-order chi connectivity index (χ0) is 18.9. The first-order valence-electron chi connectivity index (χ1n) is 8.05. The van der Waals surface area contributed by atoms with E-state index < -0.39 is 23.2 Å². The number of fused-ring (bicyclic) bond motifs is 1. The van der Waals surface area contributed by atoms with Crippen LogP contribution in [0.3, 0.4) is 0 Å². The molecule has 0 saturated heterocycles. The SMILES string of the molecule is CCN1C(=O)[C@](C)(C(=O)NCc2ccc(F)c(Cl)c2)Oc2cccnc21. The molecule has 2 aromatic rings. The predicted octanol–water partition coefficient (Wildman–Crippen LogP) is 2.69. The highest BCUT2D eigenvalue weighted by Crippen LogP contribution is 2.35. The largest absolute Gasteiger partial charge is 0.464 e. The molecule has 0 spiro atoms. The van der Waals surface area contributed by atoms with Crippen molar-refractivity contribution in [2.75, 3.05) is 11.4 Å². The Morgan fingerprint density at radius 2 is 2.19 bits per heavy atom. The van der Waals surface area contributed by atoms with Gasteiger partial charge in [0, 0.05) is 19.3 Å². The van der Waals surface area contributed by atoms with Crippen LogP contribution in [-0.2, 0) is 16.1 Å². The lowest BCUT2D eigenvalue weighted by Crippen LogP contribution is -2.62. The van der Waals surface area contributed by atoms with Crippen LogP contribution < -0.4 is 15.0 Å². The molecule has 6 nitrogen and oxygen atoms in total. The topological polar surface area (TPSA) is 71.5 Å². The quantitative estimate of drug-likeness (QED) is 0.831. The summed E-state index contributed by atoms with van der Waals surface area (Å²) in [6.07, 6.45) is 1.55. The number of hydrogen-bond donors (Lipinski definition) is 1. The van der Waals surface area contributed by atoms with Gasteiger partial charge in [0.05, 0.1) is 5.02 Å². The van der Waals surface area contributed by atoms with Crippen molar-refractivity contribution in [1.29, 1.82) is 0 Å². The van der Waals surface area contributed by atoms with Gasteiger partial charge in [-0.05, 0) is 43.7 Å². The summed E-state index contributed by atoms with van der Waals surface area (Å²) in [4.78, 5) is 31.1. The fourth-order valence-corrected chi connectivity index (χ4v) is 2.92. The second kappa shape index (κ2) is 6.92. The van der Waals surface area contributed by atoms with Crippen LogP contribution in [0.4, 0.5) is 10.2 Å². The van der Waals surface area contributed by atoms with E-state index in [-0.39, 0.29) is 11.6 Å². The molecule has 136 valence electrons. The summed E-state index contributed by atoms with van der Waals surface area (Å²) in [6.45, 7) is 3.64. The highest BCUT2D eigenvalue weighted by Gasteiger charge is 2.50. The second-order valence-corrected chi connectivity index (χ2v) is 6.35. The minimum absolute atomic E-state index is 0.0369. The number of anilines is 1. The van der Waals surface area contributed by atoms with Crippen LogP contribution >= 0.6 is 11.6 Å². The molecular weight excluding hydrogens is 361 g/mol. The normalized spacial score (nSPS) is 18.9. The van der Waals surface area contributed by atoms with Crippen LogP contribution in [0.2, 0.25) is 5.02 Å². The minimum Gasteiger partial charge on any atom is -0.464 e. The van der Waals surface area contributed by atoms with Gasteiger partial charge in [-0.15, -0.1) is 0 Å². The molecule has 0 unspecified atom stereocenters. The molecule has 3 rings (SSSR count). The third-order valence-electron chi connectivity index (χ3n) is 4.16. The van der Waals surface area contributed by atoms with Gasteiger partial charge < -0.3 is 10.1 Å². The van der Waals surface area contributed by atoms with Crippen LogP contribution in [-0.4, -0.2) is 28.9 Å². The first-order chi connectivity index (χ1) is 12.4. The van der Waals surface area contributed by atoms with E-state index in [1.54, 1.807) is 25.3 Å². The van der Waals surface area contributed by atoms with Crippen molar-refractivity contribution in [3.8, 4) is 5.75 Å². The maximum Gasteiger partial charge on any atom is 0.282 e. The summed E-state index contributed by atoms with van der Waals surface area (Å²) in [5.74, 6) is -0.897. The van der Waals surface area contributed by atoms with Gasteiger partial charge in [0.25, 0.3) is 17.4 Å². The number of amides is 2. The van der Waals surface area contributed by atoms with Crippen molar-refractivity contribution in [1.82, 2.24) is 10.3 Å². The number of nitrogens with one attached hydrogen (secondary N) is 1. The van der Waals surface area contributed by atoms with Crippen molar-refractivity contribution >= 4 is 29.2 Å². The molecule has 2 amide bonds. The molecule has 2 heterocycles. The Morgan fingerprint density at radius 1 is 1.42 bits per heavy atom. The Hall–Kier alpha value is -2.67. The molecule has 8 heteroatoms. The van der Waals surface area contributed by atoms with Gasteiger partial charge in [-0.25, -0.2) is 9.37 Å². The lowest BCUT2D eigenvalue weighted by molar-refractivity contribution is -0.148. The zero-order valence-electron chi connectivity index (χ0n) is 14.3. The molecule has 0 bridgehead atoms. The van der Waals surface area contributed by atoms with Crippen molar-refractivity contribution < 1.29 is 18.7 Å². The van der Waals surface area contributed by atoms with Crippen molar-refractivity contribution in [2.45, 2.75) is 26.0 Å². The van der Waals surface area contributed by atoms with Gasteiger partial charge in [-0.2, -0.15) is 0 Å². The number of rotatable bonds is 4. The van der Waals surface area contributed by atoms with E-state index in [0.717, 1.165) is 0 Å². The molecule has 0 saturated carbocycles. The smallest absolute Gasteiger partial charge is 0.282 e. The summed E-state index contributed by atoms with van der Waals surface area (Å²) in [5.41, 5.74) is -1.12. The summed E-state index contributed by atoms with van der Waals surface area (Å²) in [5, 5.41) is 2.61. The molecule has 1 atom stereocenters. The number of carbonyl (C=O) groups excluding carboxylic acids is 2. The van der Waals surface area contributed by atoms with E-state index >= 15 is 0 Å². The van der Waals surface area contributed by atoms with Crippen LogP contribution in [0, 0.1) is 5.82 Å². The summed E-state index contributed by atoms with van der Waals surface area (Å²) >= 11 is 5.74.